The number of hydrogen-bond donors (Lipinski definition) is 1. The third-order valence-corrected chi connectivity index (χ3v) is 5.15. The van der Waals surface area contributed by atoms with E-state index in [1.54, 1.807) is 0 Å². The summed E-state index contributed by atoms with van der Waals surface area (Å²) < 4.78 is 0. The molecular weight excluding hydrogens is 192 g/mol. The van der Waals surface area contributed by atoms with Crippen LogP contribution in [0.5, 0.6) is 0 Å². The molecule has 0 saturated carbocycles. The third-order valence-electron chi connectivity index (χ3n) is 3.26. The maximum Gasteiger partial charge on any atom is 0.0942 e. The molecule has 2 heterocycles. The van der Waals surface area contributed by atoms with Gasteiger partial charge in [0.1, 0.15) is 0 Å². The first-order valence-electron chi connectivity index (χ1n) is 5.21. The minimum Gasteiger partial charge on any atom is -0.367 e. The molecule has 2 aliphatic rings. The van der Waals surface area contributed by atoms with Crippen molar-refractivity contribution in [1.82, 2.24) is 10.2 Å². The van der Waals surface area contributed by atoms with E-state index >= 15 is 0 Å². The van der Waals surface area contributed by atoms with E-state index < -0.39 is 0 Å². The van der Waals surface area contributed by atoms with Gasteiger partial charge in [-0.25, -0.2) is 0 Å². The first-order chi connectivity index (χ1) is 6.41. The Kier molecular flexibility index (Phi) is 2.25. The molecule has 0 aromatic heterocycles. The number of nitrogens with zero attached hydrogens (tertiary/aromatic N) is 1. The van der Waals surface area contributed by atoms with Gasteiger partial charge in [0.2, 0.25) is 0 Å². The minimum atomic E-state index is 0.380. The van der Waals surface area contributed by atoms with Crippen LogP contribution in [0.3, 0.4) is 0 Å². The molecule has 0 radical (unpaired) electrons. The number of likely N-dealkylation sites (N-methyl/N-ethyl adjacent to an activating group) is 1. The zero-order chi connectivity index (χ0) is 10.5. The molecule has 0 spiro atoms. The summed E-state index contributed by atoms with van der Waals surface area (Å²) in [5.74, 6) is 2.31. The second-order valence-corrected chi connectivity index (χ2v) is 6.59. The van der Waals surface area contributed by atoms with Crippen molar-refractivity contribution in [2.45, 2.75) is 38.1 Å². The Bertz CT molecular complexity index is 257. The summed E-state index contributed by atoms with van der Waals surface area (Å²) in [4.78, 5) is 2.32. The SMILES string of the molecule is C=C1NC2CSC(C(C)(C)C)C2N1C. The molecule has 2 fully saturated rings. The Morgan fingerprint density at radius 3 is 2.71 bits per heavy atom. The molecular formula is C11H20N2S. The first-order valence-corrected chi connectivity index (χ1v) is 6.26. The van der Waals surface area contributed by atoms with Crippen LogP contribution >= 0.6 is 11.8 Å². The average Bonchev–Trinajstić information content (AvgIpc) is 2.54. The predicted molar refractivity (Wildman–Crippen MR) is 63.3 cm³/mol. The Morgan fingerprint density at radius 2 is 2.14 bits per heavy atom. The molecule has 2 nitrogen and oxygen atoms in total. The lowest BCUT2D eigenvalue weighted by Gasteiger charge is -2.34. The summed E-state index contributed by atoms with van der Waals surface area (Å²) in [6.07, 6.45) is 0. The van der Waals surface area contributed by atoms with Crippen LogP contribution in [0.15, 0.2) is 12.4 Å². The van der Waals surface area contributed by atoms with Crippen LogP contribution in [0, 0.1) is 5.41 Å². The van der Waals surface area contributed by atoms with Gasteiger partial charge < -0.3 is 10.2 Å². The number of rotatable bonds is 0. The van der Waals surface area contributed by atoms with Crippen molar-refractivity contribution >= 4 is 11.8 Å². The molecule has 3 unspecified atom stereocenters. The lowest BCUT2D eigenvalue weighted by Crippen LogP contribution is -2.43. The van der Waals surface area contributed by atoms with E-state index in [4.69, 9.17) is 0 Å². The van der Waals surface area contributed by atoms with Gasteiger partial charge in [-0.15, -0.1) is 0 Å². The molecule has 0 aliphatic carbocycles. The number of hydrogen-bond acceptors (Lipinski definition) is 3. The fourth-order valence-electron chi connectivity index (χ4n) is 2.47. The van der Waals surface area contributed by atoms with Gasteiger partial charge in [0.05, 0.1) is 17.9 Å². The highest BCUT2D eigenvalue weighted by Crippen LogP contribution is 2.44. The van der Waals surface area contributed by atoms with Crippen molar-refractivity contribution in [3.63, 3.8) is 0 Å². The Labute approximate surface area is 91.1 Å². The lowest BCUT2D eigenvalue weighted by atomic mass is 9.85. The van der Waals surface area contributed by atoms with Crippen LogP contribution in [0.2, 0.25) is 0 Å². The van der Waals surface area contributed by atoms with E-state index in [0.29, 0.717) is 22.7 Å². The van der Waals surface area contributed by atoms with Gasteiger partial charge in [0.25, 0.3) is 0 Å². The van der Waals surface area contributed by atoms with Gasteiger partial charge in [-0.3, -0.25) is 0 Å². The van der Waals surface area contributed by atoms with E-state index in [1.807, 2.05) is 0 Å². The summed E-state index contributed by atoms with van der Waals surface area (Å²) >= 11 is 2.10. The number of nitrogens with one attached hydrogen (secondary N) is 1. The van der Waals surface area contributed by atoms with Crippen molar-refractivity contribution in [2.24, 2.45) is 5.41 Å². The van der Waals surface area contributed by atoms with Crippen LogP contribution in [0.25, 0.3) is 0 Å². The van der Waals surface area contributed by atoms with Crippen LogP contribution in [-0.2, 0) is 0 Å². The second kappa shape index (κ2) is 3.09. The Hall–Kier alpha value is -0.310. The minimum absolute atomic E-state index is 0.380. The van der Waals surface area contributed by atoms with E-state index in [0.717, 1.165) is 5.82 Å². The quantitative estimate of drug-likeness (QED) is 0.660. The van der Waals surface area contributed by atoms with Crippen molar-refractivity contribution in [2.75, 3.05) is 12.8 Å². The molecule has 2 rings (SSSR count). The fraction of sp³-hybridized carbons (Fsp3) is 0.818. The van der Waals surface area contributed by atoms with Gasteiger partial charge >= 0.3 is 0 Å². The molecule has 80 valence electrons. The molecule has 1 N–H and O–H groups in total. The zero-order valence-electron chi connectivity index (χ0n) is 9.50. The van der Waals surface area contributed by atoms with Gasteiger partial charge in [0.15, 0.2) is 0 Å². The molecule has 14 heavy (non-hydrogen) atoms. The first kappa shape index (κ1) is 10.2. The van der Waals surface area contributed by atoms with Crippen LogP contribution in [0.1, 0.15) is 20.8 Å². The highest BCUT2D eigenvalue weighted by atomic mass is 32.2. The molecule has 3 atom stereocenters. The van der Waals surface area contributed by atoms with E-state index in [-0.39, 0.29) is 0 Å². The van der Waals surface area contributed by atoms with Gasteiger partial charge in [-0.1, -0.05) is 27.4 Å². The van der Waals surface area contributed by atoms with Gasteiger partial charge in [-0.2, -0.15) is 11.8 Å². The monoisotopic (exact) mass is 212 g/mol. The van der Waals surface area contributed by atoms with Crippen molar-refractivity contribution < 1.29 is 0 Å². The average molecular weight is 212 g/mol. The fourth-order valence-corrected chi connectivity index (χ4v) is 4.24. The molecule has 3 heteroatoms. The summed E-state index contributed by atoms with van der Waals surface area (Å²) in [5.41, 5.74) is 0.380. The highest BCUT2D eigenvalue weighted by Gasteiger charge is 2.48. The standard InChI is InChI=1S/C11H20N2S/c1-7-12-8-6-14-10(11(2,3)4)9(8)13(7)5/h8-10,12H,1,6H2,2-5H3. The number of fused-ring (bicyclic) bond motifs is 1. The third kappa shape index (κ3) is 1.42. The van der Waals surface area contributed by atoms with E-state index in [2.05, 4.69) is 56.4 Å². The zero-order valence-corrected chi connectivity index (χ0v) is 10.3. The molecule has 0 amide bonds. The van der Waals surface area contributed by atoms with Crippen LogP contribution in [-0.4, -0.2) is 35.0 Å². The van der Waals surface area contributed by atoms with Crippen molar-refractivity contribution in [1.29, 1.82) is 0 Å². The maximum absolute atomic E-state index is 4.04. The Morgan fingerprint density at radius 1 is 1.50 bits per heavy atom. The van der Waals surface area contributed by atoms with Gasteiger partial charge in [-0.05, 0) is 5.41 Å². The maximum atomic E-state index is 4.04. The topological polar surface area (TPSA) is 15.3 Å². The molecule has 0 aromatic rings. The highest BCUT2D eigenvalue weighted by molar-refractivity contribution is 8.00. The number of thioether (sulfide) groups is 1. The molecule has 2 aliphatic heterocycles. The largest absolute Gasteiger partial charge is 0.367 e. The van der Waals surface area contributed by atoms with E-state index in [9.17, 15) is 0 Å². The normalized spacial score (nSPS) is 37.3. The van der Waals surface area contributed by atoms with Crippen molar-refractivity contribution in [3.8, 4) is 0 Å². The van der Waals surface area contributed by atoms with Crippen molar-refractivity contribution in [3.05, 3.63) is 12.4 Å². The van der Waals surface area contributed by atoms with E-state index in [1.165, 1.54) is 5.75 Å². The summed E-state index contributed by atoms with van der Waals surface area (Å²) in [6, 6.07) is 1.24. The second-order valence-electron chi connectivity index (χ2n) is 5.42. The summed E-state index contributed by atoms with van der Waals surface area (Å²) in [7, 11) is 2.16. The molecule has 2 saturated heterocycles. The smallest absolute Gasteiger partial charge is 0.0942 e. The summed E-state index contributed by atoms with van der Waals surface area (Å²) in [5, 5.41) is 4.19. The van der Waals surface area contributed by atoms with Crippen LogP contribution in [0.4, 0.5) is 0 Å². The Balaban J connectivity index is 2.21. The lowest BCUT2D eigenvalue weighted by molar-refractivity contribution is 0.255. The van der Waals surface area contributed by atoms with Gasteiger partial charge in [0, 0.05) is 18.1 Å². The molecule has 0 bridgehead atoms. The van der Waals surface area contributed by atoms with Crippen LogP contribution < -0.4 is 5.32 Å². The summed E-state index contributed by atoms with van der Waals surface area (Å²) in [6.45, 7) is 11.0. The predicted octanol–water partition coefficient (Wildman–Crippen LogP) is 1.89. The molecule has 0 aromatic carbocycles.